The van der Waals surface area contributed by atoms with Crippen LogP contribution in [0.4, 0.5) is 0 Å². The summed E-state index contributed by atoms with van der Waals surface area (Å²) in [5.74, 6) is -0.516. The molecule has 1 amide bonds. The fraction of sp³-hybridized carbons (Fsp3) is 0.364. The summed E-state index contributed by atoms with van der Waals surface area (Å²) in [4.78, 5) is 13.3. The molecule has 0 saturated heterocycles. The highest BCUT2D eigenvalue weighted by molar-refractivity contribution is 5.97. The van der Waals surface area contributed by atoms with Crippen LogP contribution in [0.15, 0.2) is 18.2 Å². The number of rotatable bonds is 4. The number of carbonyl (C=O) groups excluding carboxylic acids is 1. The van der Waals surface area contributed by atoms with E-state index in [9.17, 15) is 15.0 Å². The summed E-state index contributed by atoms with van der Waals surface area (Å²) in [6, 6.07) is 3.86. The van der Waals surface area contributed by atoms with Gasteiger partial charge in [0.2, 0.25) is 0 Å². The molecule has 0 aliphatic carbocycles. The van der Waals surface area contributed by atoms with Gasteiger partial charge in [-0.2, -0.15) is 0 Å². The first-order chi connectivity index (χ1) is 7.56. The number of hydrogen-bond acceptors (Lipinski definition) is 4. The molecule has 0 bridgehead atoms. The van der Waals surface area contributed by atoms with Crippen LogP contribution in [0.25, 0.3) is 0 Å². The lowest BCUT2D eigenvalue weighted by Gasteiger charge is -2.17. The summed E-state index contributed by atoms with van der Waals surface area (Å²) in [7, 11) is 1.63. The minimum absolute atomic E-state index is 0.0478. The molecule has 0 aliphatic rings. The van der Waals surface area contributed by atoms with Crippen molar-refractivity contribution in [2.45, 2.75) is 6.42 Å². The van der Waals surface area contributed by atoms with Gasteiger partial charge in [-0.05, 0) is 31.2 Å². The third-order valence-electron chi connectivity index (χ3n) is 2.25. The van der Waals surface area contributed by atoms with Crippen LogP contribution >= 0.6 is 0 Å². The maximum absolute atomic E-state index is 11.8. The van der Waals surface area contributed by atoms with Gasteiger partial charge >= 0.3 is 0 Å². The minimum Gasteiger partial charge on any atom is -0.508 e. The molecule has 4 N–H and O–H groups in total. The highest BCUT2D eigenvalue weighted by atomic mass is 16.3. The minimum atomic E-state index is -0.332. The molecular formula is C11H16N2O3. The lowest BCUT2D eigenvalue weighted by molar-refractivity contribution is 0.0791. The van der Waals surface area contributed by atoms with E-state index in [4.69, 9.17) is 5.73 Å². The number of hydrogen-bond donors (Lipinski definition) is 3. The van der Waals surface area contributed by atoms with Crippen molar-refractivity contribution < 1.29 is 15.0 Å². The van der Waals surface area contributed by atoms with Crippen LogP contribution in [0.3, 0.4) is 0 Å². The zero-order chi connectivity index (χ0) is 12.1. The average molecular weight is 224 g/mol. The molecule has 0 spiro atoms. The molecule has 0 saturated carbocycles. The summed E-state index contributed by atoms with van der Waals surface area (Å²) >= 11 is 0. The van der Waals surface area contributed by atoms with E-state index in [2.05, 4.69) is 0 Å². The maximum Gasteiger partial charge on any atom is 0.257 e. The van der Waals surface area contributed by atoms with Crippen LogP contribution in [0.2, 0.25) is 0 Å². The van der Waals surface area contributed by atoms with Gasteiger partial charge in [0, 0.05) is 13.6 Å². The van der Waals surface area contributed by atoms with Crippen LogP contribution in [0.5, 0.6) is 11.5 Å². The monoisotopic (exact) mass is 224 g/mol. The Morgan fingerprint density at radius 3 is 2.75 bits per heavy atom. The first-order valence-electron chi connectivity index (χ1n) is 5.03. The van der Waals surface area contributed by atoms with Crippen molar-refractivity contribution >= 4 is 5.91 Å². The molecular weight excluding hydrogens is 208 g/mol. The number of carbonyl (C=O) groups is 1. The van der Waals surface area contributed by atoms with Crippen LogP contribution < -0.4 is 5.73 Å². The van der Waals surface area contributed by atoms with Crippen molar-refractivity contribution in [2.24, 2.45) is 5.73 Å². The summed E-state index contributed by atoms with van der Waals surface area (Å²) in [6.45, 7) is 1.02. The normalized spacial score (nSPS) is 10.1. The predicted molar refractivity (Wildman–Crippen MR) is 60.4 cm³/mol. The molecule has 88 valence electrons. The second-order valence-corrected chi connectivity index (χ2v) is 3.57. The quantitative estimate of drug-likeness (QED) is 0.651. The largest absolute Gasteiger partial charge is 0.508 e. The molecule has 5 nitrogen and oxygen atoms in total. The van der Waals surface area contributed by atoms with Crippen molar-refractivity contribution in [3.63, 3.8) is 0 Å². The molecule has 0 radical (unpaired) electrons. The topological polar surface area (TPSA) is 86.8 Å². The SMILES string of the molecule is CN(CCCN)C(=O)c1cc(O)ccc1O. The van der Waals surface area contributed by atoms with Crippen molar-refractivity contribution in [3.8, 4) is 11.5 Å². The van der Waals surface area contributed by atoms with Crippen LogP contribution in [0, 0.1) is 0 Å². The van der Waals surface area contributed by atoms with Gasteiger partial charge in [0.15, 0.2) is 0 Å². The Labute approximate surface area is 94.1 Å². The van der Waals surface area contributed by atoms with E-state index >= 15 is 0 Å². The van der Waals surface area contributed by atoms with Gasteiger partial charge in [0.05, 0.1) is 5.56 Å². The zero-order valence-corrected chi connectivity index (χ0v) is 9.18. The Balaban J connectivity index is 2.83. The molecule has 0 fully saturated rings. The number of amides is 1. The molecule has 1 aromatic rings. The molecule has 0 aromatic heterocycles. The second kappa shape index (κ2) is 5.37. The number of benzene rings is 1. The Hall–Kier alpha value is -1.75. The molecule has 1 rings (SSSR count). The number of aromatic hydroxyl groups is 2. The van der Waals surface area contributed by atoms with E-state index in [0.29, 0.717) is 19.5 Å². The lowest BCUT2D eigenvalue weighted by Crippen LogP contribution is -2.29. The van der Waals surface area contributed by atoms with E-state index in [1.54, 1.807) is 7.05 Å². The van der Waals surface area contributed by atoms with Crippen LogP contribution in [-0.4, -0.2) is 41.2 Å². The molecule has 0 aliphatic heterocycles. The lowest BCUT2D eigenvalue weighted by atomic mass is 10.1. The Kier molecular flexibility index (Phi) is 4.13. The summed E-state index contributed by atoms with van der Waals surface area (Å²) in [6.07, 6.45) is 0.696. The number of phenolic OH excluding ortho intramolecular Hbond substituents is 2. The van der Waals surface area contributed by atoms with Crippen molar-refractivity contribution in [3.05, 3.63) is 23.8 Å². The van der Waals surface area contributed by atoms with Gasteiger partial charge in [-0.15, -0.1) is 0 Å². The maximum atomic E-state index is 11.8. The first-order valence-corrected chi connectivity index (χ1v) is 5.03. The zero-order valence-electron chi connectivity index (χ0n) is 9.18. The number of nitrogens with two attached hydrogens (primary N) is 1. The highest BCUT2D eigenvalue weighted by Crippen LogP contribution is 2.23. The first kappa shape index (κ1) is 12.3. The van der Waals surface area contributed by atoms with Gasteiger partial charge in [-0.3, -0.25) is 4.79 Å². The fourth-order valence-electron chi connectivity index (χ4n) is 1.33. The highest BCUT2D eigenvalue weighted by Gasteiger charge is 2.15. The van der Waals surface area contributed by atoms with Crippen LogP contribution in [-0.2, 0) is 0 Å². The smallest absolute Gasteiger partial charge is 0.257 e. The van der Waals surface area contributed by atoms with Crippen molar-refractivity contribution in [1.29, 1.82) is 0 Å². The molecule has 0 atom stereocenters. The van der Waals surface area contributed by atoms with Crippen molar-refractivity contribution in [1.82, 2.24) is 4.90 Å². The molecule has 16 heavy (non-hydrogen) atoms. The van der Waals surface area contributed by atoms with E-state index in [0.717, 1.165) is 0 Å². The van der Waals surface area contributed by atoms with Crippen molar-refractivity contribution in [2.75, 3.05) is 20.1 Å². The molecule has 5 heteroatoms. The van der Waals surface area contributed by atoms with Gasteiger partial charge in [-0.25, -0.2) is 0 Å². The van der Waals surface area contributed by atoms with E-state index in [1.165, 1.54) is 23.1 Å². The average Bonchev–Trinajstić information content (AvgIpc) is 2.28. The second-order valence-electron chi connectivity index (χ2n) is 3.57. The van der Waals surface area contributed by atoms with Gasteiger partial charge in [-0.1, -0.05) is 0 Å². The van der Waals surface area contributed by atoms with Gasteiger partial charge < -0.3 is 20.8 Å². The third-order valence-corrected chi connectivity index (χ3v) is 2.25. The summed E-state index contributed by atoms with van der Waals surface area (Å²) < 4.78 is 0. The van der Waals surface area contributed by atoms with E-state index in [-0.39, 0.29) is 23.0 Å². The van der Waals surface area contributed by atoms with Crippen LogP contribution in [0.1, 0.15) is 16.8 Å². The Morgan fingerprint density at radius 1 is 1.44 bits per heavy atom. The van der Waals surface area contributed by atoms with Gasteiger partial charge in [0.25, 0.3) is 5.91 Å². The molecule has 1 aromatic carbocycles. The molecule has 0 unspecified atom stereocenters. The Bertz CT molecular complexity index is 379. The van der Waals surface area contributed by atoms with E-state index in [1.807, 2.05) is 0 Å². The van der Waals surface area contributed by atoms with E-state index < -0.39 is 0 Å². The molecule has 0 heterocycles. The number of nitrogens with zero attached hydrogens (tertiary/aromatic N) is 1. The number of phenols is 2. The summed E-state index contributed by atoms with van der Waals surface area (Å²) in [5.41, 5.74) is 5.44. The fourth-order valence-corrected chi connectivity index (χ4v) is 1.33. The standard InChI is InChI=1S/C11H16N2O3/c1-13(6-2-5-12)11(16)9-7-8(14)3-4-10(9)15/h3-4,7,14-15H,2,5-6,12H2,1H3. The Morgan fingerprint density at radius 2 is 2.12 bits per heavy atom. The predicted octanol–water partition coefficient (Wildman–Crippen LogP) is 0.519. The van der Waals surface area contributed by atoms with Gasteiger partial charge in [0.1, 0.15) is 11.5 Å². The third kappa shape index (κ3) is 2.87. The summed E-state index contributed by atoms with van der Waals surface area (Å²) in [5, 5.41) is 18.7.